The van der Waals surface area contributed by atoms with Crippen LogP contribution in [-0.2, 0) is 10.0 Å². The van der Waals surface area contributed by atoms with Crippen LogP contribution < -0.4 is 15.4 Å². The first-order valence-corrected chi connectivity index (χ1v) is 11.6. The van der Waals surface area contributed by atoms with Crippen LogP contribution >= 0.6 is 11.6 Å². The van der Waals surface area contributed by atoms with Crippen molar-refractivity contribution in [2.75, 3.05) is 26.3 Å². The van der Waals surface area contributed by atoms with E-state index >= 15 is 0 Å². The topological polar surface area (TPSA) is 83.6 Å². The molecule has 1 spiro atoms. The van der Waals surface area contributed by atoms with Gasteiger partial charge in [0.2, 0.25) is 15.9 Å². The molecule has 2 atom stereocenters. The number of sulfonamides is 1. The molecule has 7 nitrogen and oxygen atoms in total. The average molecular weight is 415 g/mol. The van der Waals surface area contributed by atoms with Crippen molar-refractivity contribution in [2.45, 2.75) is 55.4 Å². The van der Waals surface area contributed by atoms with Gasteiger partial charge in [0.25, 0.3) is 0 Å². The number of pyridine rings is 1. The average Bonchev–Trinajstić information content (AvgIpc) is 3.13. The van der Waals surface area contributed by atoms with Gasteiger partial charge in [-0.25, -0.2) is 17.7 Å². The van der Waals surface area contributed by atoms with Crippen LogP contribution in [0.15, 0.2) is 18.3 Å². The molecule has 27 heavy (non-hydrogen) atoms. The molecule has 2 aliphatic heterocycles. The zero-order chi connectivity index (χ0) is 18.9. The van der Waals surface area contributed by atoms with Gasteiger partial charge >= 0.3 is 0 Å². The van der Waals surface area contributed by atoms with E-state index in [1.807, 2.05) is 0 Å². The Bertz CT molecular complexity index is 744. The fraction of sp³-hybridized carbons (Fsp3) is 0.722. The number of piperidine rings is 1. The Balaban J connectivity index is 1.40. The van der Waals surface area contributed by atoms with Gasteiger partial charge in [-0.05, 0) is 31.7 Å². The molecule has 1 aromatic rings. The summed E-state index contributed by atoms with van der Waals surface area (Å²) >= 11 is 5.85. The minimum absolute atomic E-state index is 0.0169. The molecule has 0 radical (unpaired) electrons. The van der Waals surface area contributed by atoms with Crippen molar-refractivity contribution in [3.8, 4) is 5.88 Å². The van der Waals surface area contributed by atoms with Crippen molar-refractivity contribution in [1.82, 2.24) is 19.9 Å². The SMILES string of the molecule is O=S(=O)(C1CCCCC12CNCN2)N1CCC(Oc2ccc(Cl)cn2)CC1. The Hall–Kier alpha value is -0.930. The minimum atomic E-state index is -3.34. The summed E-state index contributed by atoms with van der Waals surface area (Å²) in [5.41, 5.74) is -0.308. The number of rotatable bonds is 4. The molecule has 3 aliphatic rings. The van der Waals surface area contributed by atoms with Crippen LogP contribution in [0.25, 0.3) is 0 Å². The Labute approximate surface area is 165 Å². The van der Waals surface area contributed by atoms with E-state index in [-0.39, 0.29) is 16.9 Å². The summed E-state index contributed by atoms with van der Waals surface area (Å²) in [7, 11) is -3.34. The Kier molecular flexibility index (Phi) is 5.62. The lowest BCUT2D eigenvalue weighted by Crippen LogP contribution is -2.61. The maximum absolute atomic E-state index is 13.4. The summed E-state index contributed by atoms with van der Waals surface area (Å²) in [4.78, 5) is 4.16. The Morgan fingerprint density at radius 2 is 2.04 bits per heavy atom. The summed E-state index contributed by atoms with van der Waals surface area (Å²) in [6.45, 7) is 2.43. The second kappa shape index (κ2) is 7.83. The summed E-state index contributed by atoms with van der Waals surface area (Å²) in [5.74, 6) is 0.535. The Morgan fingerprint density at radius 3 is 2.70 bits per heavy atom. The second-order valence-electron chi connectivity index (χ2n) is 7.75. The van der Waals surface area contributed by atoms with E-state index in [0.717, 1.165) is 32.2 Å². The second-order valence-corrected chi connectivity index (χ2v) is 10.3. The fourth-order valence-electron chi connectivity index (χ4n) is 4.62. The predicted molar refractivity (Wildman–Crippen MR) is 104 cm³/mol. The zero-order valence-electron chi connectivity index (χ0n) is 15.4. The van der Waals surface area contributed by atoms with E-state index < -0.39 is 10.0 Å². The largest absolute Gasteiger partial charge is 0.474 e. The van der Waals surface area contributed by atoms with E-state index in [2.05, 4.69) is 15.6 Å². The van der Waals surface area contributed by atoms with Crippen LogP contribution in [0.1, 0.15) is 38.5 Å². The number of aromatic nitrogens is 1. The third-order valence-corrected chi connectivity index (χ3v) is 8.78. The number of hydrogen-bond donors (Lipinski definition) is 2. The molecule has 1 aliphatic carbocycles. The number of halogens is 1. The van der Waals surface area contributed by atoms with E-state index in [1.165, 1.54) is 0 Å². The van der Waals surface area contributed by atoms with Gasteiger partial charge in [-0.1, -0.05) is 24.4 Å². The van der Waals surface area contributed by atoms with E-state index in [1.54, 1.807) is 22.6 Å². The molecule has 0 bridgehead atoms. The molecule has 9 heteroatoms. The molecule has 150 valence electrons. The van der Waals surface area contributed by atoms with E-state index in [9.17, 15) is 8.42 Å². The first-order chi connectivity index (χ1) is 13.0. The summed E-state index contributed by atoms with van der Waals surface area (Å²) < 4.78 is 34.4. The predicted octanol–water partition coefficient (Wildman–Crippen LogP) is 1.74. The maximum atomic E-state index is 13.4. The Morgan fingerprint density at radius 1 is 1.22 bits per heavy atom. The molecule has 3 fully saturated rings. The highest BCUT2D eigenvalue weighted by atomic mass is 35.5. The number of nitrogens with zero attached hydrogens (tertiary/aromatic N) is 2. The van der Waals surface area contributed by atoms with Gasteiger partial charge in [0.05, 0.1) is 10.3 Å². The van der Waals surface area contributed by atoms with Crippen molar-refractivity contribution in [3.63, 3.8) is 0 Å². The molecule has 0 amide bonds. The van der Waals surface area contributed by atoms with Crippen molar-refractivity contribution in [1.29, 1.82) is 0 Å². The first-order valence-electron chi connectivity index (χ1n) is 9.73. The minimum Gasteiger partial charge on any atom is -0.474 e. The molecular weight excluding hydrogens is 388 g/mol. The van der Waals surface area contributed by atoms with Crippen molar-refractivity contribution in [3.05, 3.63) is 23.4 Å². The maximum Gasteiger partial charge on any atom is 0.218 e. The van der Waals surface area contributed by atoms with Crippen LogP contribution in [0.5, 0.6) is 5.88 Å². The van der Waals surface area contributed by atoms with Gasteiger partial charge in [-0.15, -0.1) is 0 Å². The van der Waals surface area contributed by atoms with Gasteiger partial charge < -0.3 is 10.1 Å². The van der Waals surface area contributed by atoms with Crippen LogP contribution in [0, 0.1) is 0 Å². The lowest BCUT2D eigenvalue weighted by Gasteiger charge is -2.43. The van der Waals surface area contributed by atoms with Crippen molar-refractivity contribution < 1.29 is 13.2 Å². The summed E-state index contributed by atoms with van der Waals surface area (Å²) in [5, 5.41) is 6.97. The third-order valence-electron chi connectivity index (χ3n) is 6.07. The van der Waals surface area contributed by atoms with Gasteiger partial charge in [-0.3, -0.25) is 5.32 Å². The molecule has 3 heterocycles. The highest BCUT2D eigenvalue weighted by Gasteiger charge is 2.51. The number of ether oxygens (including phenoxy) is 1. The summed E-state index contributed by atoms with van der Waals surface area (Å²) in [6.07, 6.45) is 6.62. The summed E-state index contributed by atoms with van der Waals surface area (Å²) in [6, 6.07) is 3.49. The molecule has 2 unspecified atom stereocenters. The van der Waals surface area contributed by atoms with Gasteiger partial charge in [0, 0.05) is 44.1 Å². The van der Waals surface area contributed by atoms with Crippen LogP contribution in [0.4, 0.5) is 0 Å². The molecule has 1 saturated carbocycles. The van der Waals surface area contributed by atoms with Crippen LogP contribution in [0.2, 0.25) is 5.02 Å². The molecule has 0 aromatic carbocycles. The molecule has 1 aromatic heterocycles. The highest BCUT2D eigenvalue weighted by molar-refractivity contribution is 7.89. The fourth-order valence-corrected chi connectivity index (χ4v) is 7.13. The highest BCUT2D eigenvalue weighted by Crippen LogP contribution is 2.36. The monoisotopic (exact) mass is 414 g/mol. The standard InChI is InChI=1S/C18H27ClN4O3S/c19-14-4-5-17(21-11-14)26-15-6-9-23(10-7-15)27(24,25)16-3-1-2-8-18(16)12-20-13-22-18/h4-5,11,15-16,20,22H,1-3,6-10,12-13H2. The van der Waals surface area contributed by atoms with Crippen LogP contribution in [-0.4, -0.2) is 60.9 Å². The van der Waals surface area contributed by atoms with E-state index in [4.69, 9.17) is 16.3 Å². The quantitative estimate of drug-likeness (QED) is 0.780. The molecule has 2 N–H and O–H groups in total. The lowest BCUT2D eigenvalue weighted by atomic mass is 9.82. The van der Waals surface area contributed by atoms with Crippen molar-refractivity contribution in [2.24, 2.45) is 0 Å². The molecular formula is C18H27ClN4O3S. The normalized spacial score (nSPS) is 30.6. The smallest absolute Gasteiger partial charge is 0.218 e. The molecule has 2 saturated heterocycles. The van der Waals surface area contributed by atoms with Crippen molar-refractivity contribution >= 4 is 21.6 Å². The van der Waals surface area contributed by atoms with Gasteiger partial charge in [-0.2, -0.15) is 0 Å². The van der Waals surface area contributed by atoms with Crippen LogP contribution in [0.3, 0.4) is 0 Å². The third kappa shape index (κ3) is 3.96. The lowest BCUT2D eigenvalue weighted by molar-refractivity contribution is 0.128. The number of nitrogens with one attached hydrogen (secondary N) is 2. The van der Waals surface area contributed by atoms with Gasteiger partial charge in [0.1, 0.15) is 6.10 Å². The first kappa shape index (κ1) is 19.4. The van der Waals surface area contributed by atoms with E-state index in [0.29, 0.717) is 43.5 Å². The zero-order valence-corrected chi connectivity index (χ0v) is 16.9. The van der Waals surface area contributed by atoms with Gasteiger partial charge in [0.15, 0.2) is 0 Å². The number of hydrogen-bond acceptors (Lipinski definition) is 6. The molecule has 4 rings (SSSR count).